The molecule has 3 aliphatic rings. The van der Waals surface area contributed by atoms with Crippen LogP contribution in [0.1, 0.15) is 88.0 Å². The highest BCUT2D eigenvalue weighted by Crippen LogP contribution is 2.48. The van der Waals surface area contributed by atoms with Crippen molar-refractivity contribution in [3.63, 3.8) is 0 Å². The zero-order valence-electron chi connectivity index (χ0n) is 37.5. The maximum Gasteiger partial charge on any atom is 0.311 e. The Labute approximate surface area is 365 Å². The van der Waals surface area contributed by atoms with Gasteiger partial charge >= 0.3 is 5.97 Å². The van der Waals surface area contributed by atoms with E-state index in [9.17, 15) is 9.59 Å². The van der Waals surface area contributed by atoms with Gasteiger partial charge in [-0.25, -0.2) is 0 Å². The van der Waals surface area contributed by atoms with E-state index in [1.807, 2.05) is 32.9 Å². The molecule has 0 radical (unpaired) electrons. The van der Waals surface area contributed by atoms with Gasteiger partial charge in [-0.3, -0.25) is 4.79 Å². The maximum atomic E-state index is 12.7. The summed E-state index contributed by atoms with van der Waals surface area (Å²) in [6.07, 6.45) is -0.847. The Hall–Kier alpha value is -3.75. The fraction of sp³-hybridized carbons (Fsp3) is 0.490. The van der Waals surface area contributed by atoms with Crippen molar-refractivity contribution < 1.29 is 37.4 Å². The molecule has 10 heteroatoms. The van der Waals surface area contributed by atoms with Crippen LogP contribution in [0.4, 0.5) is 0 Å². The summed E-state index contributed by atoms with van der Waals surface area (Å²) in [5.41, 5.74) is -0.593. The van der Waals surface area contributed by atoms with Gasteiger partial charge in [0, 0.05) is 12.8 Å². The summed E-state index contributed by atoms with van der Waals surface area (Å²) in [7, 11) is -6.33. The summed E-state index contributed by atoms with van der Waals surface area (Å²) in [6, 6.07) is 42.5. The Morgan fingerprint density at radius 3 is 1.43 bits per heavy atom. The van der Waals surface area contributed by atoms with Crippen LogP contribution in [0.15, 0.2) is 121 Å². The predicted octanol–water partition coefficient (Wildman–Crippen LogP) is 7.53. The molecule has 3 fully saturated rings. The summed E-state index contributed by atoms with van der Waals surface area (Å²) >= 11 is 0. The van der Waals surface area contributed by atoms with Gasteiger partial charge in [-0.15, -0.1) is 0 Å². The second-order valence-corrected chi connectivity index (χ2v) is 28.7. The first-order chi connectivity index (χ1) is 29.0. The number of benzene rings is 4. The second-order valence-electron chi connectivity index (χ2n) is 20.1. The van der Waals surface area contributed by atoms with Crippen LogP contribution in [0.25, 0.3) is 0 Å². The van der Waals surface area contributed by atoms with Crippen LogP contribution >= 0.6 is 0 Å². The van der Waals surface area contributed by atoms with Crippen molar-refractivity contribution in [2.45, 2.75) is 147 Å². The number of esters is 1. The van der Waals surface area contributed by atoms with Crippen molar-refractivity contribution in [3.8, 4) is 0 Å². The molecule has 4 aromatic carbocycles. The summed E-state index contributed by atoms with van der Waals surface area (Å²) in [4.78, 5) is 25.4. The third kappa shape index (κ3) is 8.92. The van der Waals surface area contributed by atoms with Gasteiger partial charge in [0.05, 0.1) is 30.3 Å². The zero-order valence-corrected chi connectivity index (χ0v) is 39.5. The van der Waals surface area contributed by atoms with E-state index >= 15 is 0 Å². The van der Waals surface area contributed by atoms with Crippen LogP contribution in [0.5, 0.6) is 0 Å². The van der Waals surface area contributed by atoms with Crippen LogP contribution in [0, 0.1) is 5.41 Å². The summed E-state index contributed by atoms with van der Waals surface area (Å²) in [6.45, 7) is 19.5. The molecular weight excluding hydrogens is 797 g/mol. The minimum atomic E-state index is -3.19. The molecular formula is C51H66O8Si2. The van der Waals surface area contributed by atoms with Crippen LogP contribution < -0.4 is 20.7 Å². The molecule has 0 N–H and O–H groups in total. The molecule has 3 saturated heterocycles. The Balaban J connectivity index is 1.35. The molecule has 0 saturated carbocycles. The highest BCUT2D eigenvalue weighted by Gasteiger charge is 2.64. The van der Waals surface area contributed by atoms with Gasteiger partial charge in [0.1, 0.15) is 36.8 Å². The van der Waals surface area contributed by atoms with E-state index < -0.39 is 58.7 Å². The van der Waals surface area contributed by atoms with E-state index in [1.165, 1.54) is 0 Å². The van der Waals surface area contributed by atoms with Gasteiger partial charge in [0.15, 0.2) is 0 Å². The molecule has 0 amide bonds. The molecule has 0 bridgehead atoms. The molecule has 8 atom stereocenters. The van der Waals surface area contributed by atoms with Crippen LogP contribution in [0.2, 0.25) is 10.1 Å². The fourth-order valence-corrected chi connectivity index (χ4v) is 19.4. The van der Waals surface area contributed by atoms with Crippen molar-refractivity contribution in [1.29, 1.82) is 0 Å². The standard InChI is InChI=1S/C51H66O8Si2/c1-49(2,3)48(53)54-35-33-36-30-31-41-43(55-36)47(59-61(51(7,8)9,39-26-18-12-19-27-39)40-28-20-13-21-29-40)46-45(56-41)44(42(57-46)32-34-52)58-60(50(4,5)6,37-22-14-10-15-23-37)38-24-16-11-17-25-38/h10-29,34,36,41-47H,30-33,35H2,1-9H3/t36-,41+,42-,43+,44+,45+,46-,47+/m1/s1. The molecule has 3 aliphatic heterocycles. The largest absolute Gasteiger partial charge is 0.465 e. The lowest BCUT2D eigenvalue weighted by Crippen LogP contribution is -2.73. The lowest BCUT2D eigenvalue weighted by Gasteiger charge is -2.53. The first kappa shape index (κ1) is 45.3. The first-order valence-corrected chi connectivity index (χ1v) is 26.0. The summed E-state index contributed by atoms with van der Waals surface area (Å²) < 4.78 is 43.3. The number of hydrogen-bond donors (Lipinski definition) is 0. The normalized spacial score (nSPS) is 25.9. The van der Waals surface area contributed by atoms with Crippen molar-refractivity contribution in [2.24, 2.45) is 5.41 Å². The van der Waals surface area contributed by atoms with Crippen molar-refractivity contribution in [2.75, 3.05) is 6.61 Å². The molecule has 326 valence electrons. The van der Waals surface area contributed by atoms with Crippen LogP contribution in [-0.4, -0.2) is 84.3 Å². The van der Waals surface area contributed by atoms with E-state index in [-0.39, 0.29) is 41.3 Å². The number of aldehydes is 1. The van der Waals surface area contributed by atoms with E-state index in [0.717, 1.165) is 39.9 Å². The average molecular weight is 863 g/mol. The molecule has 0 unspecified atom stereocenters. The summed E-state index contributed by atoms with van der Waals surface area (Å²) in [5.74, 6) is -0.231. The van der Waals surface area contributed by atoms with Gasteiger partial charge in [0.25, 0.3) is 16.6 Å². The van der Waals surface area contributed by atoms with Gasteiger partial charge < -0.3 is 32.6 Å². The molecule has 61 heavy (non-hydrogen) atoms. The molecule has 4 aromatic rings. The quantitative estimate of drug-likeness (QED) is 0.0776. The number of carbonyl (C=O) groups is 2. The monoisotopic (exact) mass is 862 g/mol. The Morgan fingerprint density at radius 1 is 0.590 bits per heavy atom. The first-order valence-electron chi connectivity index (χ1n) is 22.2. The van der Waals surface area contributed by atoms with E-state index in [2.05, 4.69) is 151 Å². The third-order valence-electron chi connectivity index (χ3n) is 12.9. The number of ether oxygens (including phenoxy) is 4. The highest BCUT2D eigenvalue weighted by molar-refractivity contribution is 7.00. The molecule has 7 rings (SSSR count). The Bertz CT molecular complexity index is 1970. The lowest BCUT2D eigenvalue weighted by atomic mass is 9.88. The smallest absolute Gasteiger partial charge is 0.311 e. The molecule has 0 spiro atoms. The molecule has 0 aliphatic carbocycles. The molecule has 0 aromatic heterocycles. The van der Waals surface area contributed by atoms with Crippen molar-refractivity contribution in [1.82, 2.24) is 0 Å². The van der Waals surface area contributed by atoms with E-state index in [0.29, 0.717) is 6.42 Å². The average Bonchev–Trinajstić information content (AvgIpc) is 3.57. The number of hydrogen-bond acceptors (Lipinski definition) is 8. The fourth-order valence-electron chi connectivity index (χ4n) is 9.95. The maximum absolute atomic E-state index is 12.7. The van der Waals surface area contributed by atoms with Crippen LogP contribution in [0.3, 0.4) is 0 Å². The topological polar surface area (TPSA) is 89.5 Å². The van der Waals surface area contributed by atoms with Crippen molar-refractivity contribution in [3.05, 3.63) is 121 Å². The minimum absolute atomic E-state index is 0.142. The van der Waals surface area contributed by atoms with Gasteiger partial charge in [-0.2, -0.15) is 0 Å². The minimum Gasteiger partial charge on any atom is -0.465 e. The molecule has 3 heterocycles. The van der Waals surface area contributed by atoms with Gasteiger partial charge in [0.2, 0.25) is 0 Å². The van der Waals surface area contributed by atoms with Crippen LogP contribution in [-0.2, 0) is 37.4 Å². The Kier molecular flexibility index (Phi) is 13.5. The zero-order chi connectivity index (χ0) is 43.6. The third-order valence-corrected chi connectivity index (χ3v) is 22.9. The summed E-state index contributed by atoms with van der Waals surface area (Å²) in [5, 5.41) is 3.94. The predicted molar refractivity (Wildman–Crippen MR) is 246 cm³/mol. The van der Waals surface area contributed by atoms with Gasteiger partial charge in [-0.05, 0) is 64.4 Å². The second kappa shape index (κ2) is 18.2. The van der Waals surface area contributed by atoms with E-state index in [1.54, 1.807) is 0 Å². The van der Waals surface area contributed by atoms with Crippen molar-refractivity contribution >= 4 is 49.6 Å². The van der Waals surface area contributed by atoms with E-state index in [4.69, 9.17) is 27.8 Å². The number of carbonyl (C=O) groups excluding carboxylic acids is 2. The SMILES string of the molecule is CC(C)(C)C(=O)OCC[C@H]1CC[C@@H]2O[C@@H]3[C@@H](O[C@H](CC=O)[C@@H]3O[Si](c3ccccc3)(c3ccccc3)C(C)(C)C)[C@@H](O[Si](c3ccccc3)(c3ccccc3)C(C)(C)C)[C@H]2O1. The lowest BCUT2D eigenvalue weighted by molar-refractivity contribution is -0.255. The van der Waals surface area contributed by atoms with Gasteiger partial charge in [-0.1, -0.05) is 163 Å². The molecule has 8 nitrogen and oxygen atoms in total. The highest BCUT2D eigenvalue weighted by atomic mass is 28.4. The Morgan fingerprint density at radius 2 is 1.02 bits per heavy atom. The number of fused-ring (bicyclic) bond motifs is 2. The number of rotatable bonds is 13.